The number of allylic oxidation sites excluding steroid dienone is 2. The number of amides is 3. The first-order chi connectivity index (χ1) is 15.2. The van der Waals surface area contributed by atoms with Gasteiger partial charge in [0.1, 0.15) is 5.66 Å². The van der Waals surface area contributed by atoms with Crippen LogP contribution >= 0.6 is 0 Å². The van der Waals surface area contributed by atoms with Gasteiger partial charge >= 0.3 is 0 Å². The Balaban J connectivity index is 2.28. The molecule has 0 fully saturated rings. The van der Waals surface area contributed by atoms with Gasteiger partial charge in [0, 0.05) is 31.4 Å². The van der Waals surface area contributed by atoms with E-state index >= 15 is 0 Å². The summed E-state index contributed by atoms with van der Waals surface area (Å²) in [6.07, 6.45) is 5.02. The van der Waals surface area contributed by atoms with E-state index in [1.807, 2.05) is 0 Å². The normalized spacial score (nSPS) is 25.1. The molecule has 3 amide bonds. The molecule has 2 unspecified atom stereocenters. The lowest BCUT2D eigenvalue weighted by molar-refractivity contribution is -0.145. The van der Waals surface area contributed by atoms with Crippen molar-refractivity contribution in [2.24, 2.45) is 5.92 Å². The van der Waals surface area contributed by atoms with Gasteiger partial charge in [-0.15, -0.1) is 0 Å². The van der Waals surface area contributed by atoms with Crippen molar-refractivity contribution >= 4 is 44.0 Å². The molecule has 0 bridgehead atoms. The lowest BCUT2D eigenvalue weighted by Crippen LogP contribution is -2.69. The fraction of sp³-hybridized carbons (Fsp3) is 0.250. The van der Waals surface area contributed by atoms with Crippen LogP contribution in [0.4, 0.5) is 0 Å². The molecule has 1 aliphatic carbocycles. The summed E-state index contributed by atoms with van der Waals surface area (Å²) in [6.45, 7) is 0.998. The van der Waals surface area contributed by atoms with Crippen LogP contribution in [0.1, 0.15) is 18.9 Å². The molecule has 176 valence electrons. The highest BCUT2D eigenvalue weighted by atomic mass is 32.3. The lowest BCUT2D eigenvalue weighted by Gasteiger charge is -2.47. The number of hydrogen-bond donors (Lipinski definition) is 3. The highest BCUT2D eigenvalue weighted by molar-refractivity contribution is 8.05. The predicted octanol–water partition coefficient (Wildman–Crippen LogP) is 0.505. The van der Waals surface area contributed by atoms with Crippen molar-refractivity contribution < 1.29 is 40.3 Å². The van der Waals surface area contributed by atoms with Gasteiger partial charge in [0.2, 0.25) is 9.99 Å². The van der Waals surface area contributed by atoms with Gasteiger partial charge in [-0.05, 0) is 11.6 Å². The SMILES string of the molecule is CC(=O)NC1(N2C(=O)C=CC2=O)C=CC(C=Cc2ccccc2)C(S(=O)(=O)O)(S(=O)(=O)O)C1. The number of carbonyl (C=O) groups is 3. The van der Waals surface area contributed by atoms with Gasteiger partial charge in [0.15, 0.2) is 0 Å². The number of rotatable bonds is 6. The largest absolute Gasteiger partial charge is 0.330 e. The molecule has 13 heteroatoms. The third kappa shape index (κ3) is 4.27. The van der Waals surface area contributed by atoms with Gasteiger partial charge in [-0.25, -0.2) is 4.90 Å². The van der Waals surface area contributed by atoms with Crippen molar-refractivity contribution in [2.75, 3.05) is 0 Å². The molecule has 1 aromatic carbocycles. The van der Waals surface area contributed by atoms with Crippen molar-refractivity contribution in [2.45, 2.75) is 23.1 Å². The zero-order valence-electron chi connectivity index (χ0n) is 17.2. The molecule has 1 aromatic rings. The second-order valence-corrected chi connectivity index (χ2v) is 11.2. The Kier molecular flexibility index (Phi) is 6.19. The molecule has 2 atom stereocenters. The minimum Gasteiger partial charge on any atom is -0.330 e. The molecule has 0 saturated carbocycles. The minimum atomic E-state index is -5.63. The number of imide groups is 1. The summed E-state index contributed by atoms with van der Waals surface area (Å²) in [4.78, 5) is 37.1. The Labute approximate surface area is 190 Å². The fourth-order valence-corrected chi connectivity index (χ4v) is 6.88. The van der Waals surface area contributed by atoms with Crippen LogP contribution in [0.2, 0.25) is 0 Å². The van der Waals surface area contributed by atoms with Crippen LogP contribution in [0.3, 0.4) is 0 Å². The predicted molar refractivity (Wildman–Crippen MR) is 116 cm³/mol. The Hall–Kier alpha value is -3.13. The summed E-state index contributed by atoms with van der Waals surface area (Å²) in [7, 11) is -11.3. The number of hydrogen-bond acceptors (Lipinski definition) is 7. The Bertz CT molecular complexity index is 1250. The maximum Gasteiger partial charge on any atom is 0.288 e. The van der Waals surface area contributed by atoms with Gasteiger partial charge < -0.3 is 5.32 Å². The molecule has 0 spiro atoms. The monoisotopic (exact) mass is 496 g/mol. The standard InChI is InChI=1S/C20H20N2O9S2/c1-14(23)21-19(22-17(24)9-10-18(22)25)12-11-16(8-7-15-5-3-2-4-6-15)20(13-19,32(26,27)28)33(29,30)31/h2-12,16H,13H2,1H3,(H,21,23)(H,26,27,28)(H,29,30,31). The van der Waals surface area contributed by atoms with E-state index in [9.17, 15) is 40.3 Å². The minimum absolute atomic E-state index is 0.452. The van der Waals surface area contributed by atoms with E-state index in [0.717, 1.165) is 37.3 Å². The van der Waals surface area contributed by atoms with E-state index in [2.05, 4.69) is 5.32 Å². The number of nitrogens with zero attached hydrogens (tertiary/aromatic N) is 1. The number of nitrogens with one attached hydrogen (secondary N) is 1. The van der Waals surface area contributed by atoms with Crippen molar-refractivity contribution in [3.8, 4) is 0 Å². The molecule has 3 N–H and O–H groups in total. The molecule has 0 radical (unpaired) electrons. The number of benzene rings is 1. The fourth-order valence-electron chi connectivity index (χ4n) is 4.00. The summed E-state index contributed by atoms with van der Waals surface area (Å²) < 4.78 is 67.1. The van der Waals surface area contributed by atoms with Crippen LogP contribution in [-0.4, -0.2) is 58.3 Å². The smallest absolute Gasteiger partial charge is 0.288 e. The van der Waals surface area contributed by atoms with E-state index in [0.29, 0.717) is 10.5 Å². The third-order valence-corrected chi connectivity index (χ3v) is 9.22. The highest BCUT2D eigenvalue weighted by Gasteiger charge is 2.66. The van der Waals surface area contributed by atoms with Crippen LogP contribution in [0.25, 0.3) is 6.08 Å². The molecule has 1 heterocycles. The highest BCUT2D eigenvalue weighted by Crippen LogP contribution is 2.46. The third-order valence-electron chi connectivity index (χ3n) is 5.37. The average molecular weight is 497 g/mol. The zero-order valence-corrected chi connectivity index (χ0v) is 18.8. The molecular weight excluding hydrogens is 476 g/mol. The van der Waals surface area contributed by atoms with Crippen LogP contribution in [-0.2, 0) is 34.6 Å². The Morgan fingerprint density at radius 2 is 1.61 bits per heavy atom. The summed E-state index contributed by atoms with van der Waals surface area (Å²) >= 11 is 0. The maximum atomic E-state index is 12.6. The summed E-state index contributed by atoms with van der Waals surface area (Å²) in [6, 6.07) is 8.35. The molecule has 33 heavy (non-hydrogen) atoms. The zero-order chi connectivity index (χ0) is 24.7. The van der Waals surface area contributed by atoms with Crippen molar-refractivity contribution in [3.05, 3.63) is 66.3 Å². The van der Waals surface area contributed by atoms with E-state index in [1.54, 1.807) is 30.3 Å². The molecule has 11 nitrogen and oxygen atoms in total. The summed E-state index contributed by atoms with van der Waals surface area (Å²) in [5.74, 6) is -4.43. The average Bonchev–Trinajstić information content (AvgIpc) is 3.04. The Morgan fingerprint density at radius 1 is 1.06 bits per heavy atom. The van der Waals surface area contributed by atoms with Crippen LogP contribution in [0, 0.1) is 5.92 Å². The van der Waals surface area contributed by atoms with Gasteiger partial charge in [-0.2, -0.15) is 16.8 Å². The lowest BCUT2D eigenvalue weighted by atomic mass is 9.85. The van der Waals surface area contributed by atoms with Crippen LogP contribution in [0.5, 0.6) is 0 Å². The first kappa shape index (κ1) is 24.5. The summed E-state index contributed by atoms with van der Waals surface area (Å²) in [5, 5.41) is 2.23. The molecule has 2 aliphatic rings. The molecule has 0 aromatic heterocycles. The molecule has 1 aliphatic heterocycles. The topological polar surface area (TPSA) is 175 Å². The van der Waals surface area contributed by atoms with Gasteiger partial charge in [0.25, 0.3) is 32.1 Å². The van der Waals surface area contributed by atoms with Crippen molar-refractivity contribution in [1.82, 2.24) is 10.2 Å². The first-order valence-electron chi connectivity index (χ1n) is 9.45. The molecule has 0 saturated heterocycles. The first-order valence-corrected chi connectivity index (χ1v) is 12.3. The van der Waals surface area contributed by atoms with Gasteiger partial charge in [0.05, 0.1) is 0 Å². The quantitative estimate of drug-likeness (QED) is 0.288. The molecular formula is C20H20N2O9S2. The van der Waals surface area contributed by atoms with E-state index < -0.39 is 60.0 Å². The van der Waals surface area contributed by atoms with Crippen molar-refractivity contribution in [1.29, 1.82) is 0 Å². The second-order valence-electron chi connectivity index (χ2n) is 7.54. The Morgan fingerprint density at radius 3 is 2.09 bits per heavy atom. The second kappa shape index (κ2) is 8.33. The summed E-state index contributed by atoms with van der Waals surface area (Å²) in [5.41, 5.74) is -1.76. The maximum absolute atomic E-state index is 12.6. The molecule has 3 rings (SSSR count). The van der Waals surface area contributed by atoms with Gasteiger partial charge in [-0.3, -0.25) is 23.5 Å². The van der Waals surface area contributed by atoms with Crippen molar-refractivity contribution in [3.63, 3.8) is 0 Å². The van der Waals surface area contributed by atoms with E-state index in [-0.39, 0.29) is 0 Å². The van der Waals surface area contributed by atoms with Gasteiger partial charge in [-0.1, -0.05) is 48.6 Å². The van der Waals surface area contributed by atoms with E-state index in [4.69, 9.17) is 0 Å². The number of carbonyl (C=O) groups excluding carboxylic acids is 3. The van der Waals surface area contributed by atoms with E-state index in [1.165, 1.54) is 6.08 Å². The van der Waals surface area contributed by atoms with Crippen LogP contribution < -0.4 is 5.32 Å². The van der Waals surface area contributed by atoms with Crippen LogP contribution in [0.15, 0.2) is 60.7 Å².